The van der Waals surface area contributed by atoms with Gasteiger partial charge in [0.1, 0.15) is 11.6 Å². The van der Waals surface area contributed by atoms with Crippen LogP contribution in [0.25, 0.3) is 0 Å². The summed E-state index contributed by atoms with van der Waals surface area (Å²) in [4.78, 5) is 11.5. The lowest BCUT2D eigenvalue weighted by atomic mass is 10.2. The molecule has 2 aromatic rings. The zero-order chi connectivity index (χ0) is 12.4. The van der Waals surface area contributed by atoms with Crippen molar-refractivity contribution in [1.82, 2.24) is 9.78 Å². The van der Waals surface area contributed by atoms with Crippen molar-refractivity contribution < 1.29 is 4.39 Å². The summed E-state index contributed by atoms with van der Waals surface area (Å²) < 4.78 is 15.0. The van der Waals surface area contributed by atoms with E-state index in [0.29, 0.717) is 5.56 Å². The maximum atomic E-state index is 13.1. The van der Waals surface area contributed by atoms with E-state index in [1.807, 2.05) is 0 Å². The second-order valence-corrected chi connectivity index (χ2v) is 4.34. The summed E-state index contributed by atoms with van der Waals surface area (Å²) in [6, 6.07) is 7.03. The number of aromatic nitrogens is 2. The van der Waals surface area contributed by atoms with Crippen LogP contribution >= 0.6 is 15.9 Å². The number of rotatable bonds is 2. The molecule has 2 rings (SSSR count). The first-order chi connectivity index (χ1) is 8.06. The van der Waals surface area contributed by atoms with E-state index < -0.39 is 0 Å². The average Bonchev–Trinajstić information content (AvgIpc) is 2.28. The summed E-state index contributed by atoms with van der Waals surface area (Å²) >= 11 is 3.29. The van der Waals surface area contributed by atoms with Crippen LogP contribution in [0.1, 0.15) is 5.56 Å². The molecule has 0 aliphatic heterocycles. The van der Waals surface area contributed by atoms with Crippen molar-refractivity contribution in [3.05, 3.63) is 56.5 Å². The fraction of sp³-hybridized carbons (Fsp3) is 0.0909. The second kappa shape index (κ2) is 4.67. The van der Waals surface area contributed by atoms with Crippen LogP contribution in [0.3, 0.4) is 0 Å². The van der Waals surface area contributed by atoms with Crippen molar-refractivity contribution in [2.45, 2.75) is 6.54 Å². The molecule has 0 fully saturated rings. The molecule has 88 valence electrons. The molecule has 0 atom stereocenters. The minimum Gasteiger partial charge on any atom is -0.382 e. The van der Waals surface area contributed by atoms with E-state index in [1.165, 1.54) is 28.9 Å². The van der Waals surface area contributed by atoms with Crippen LogP contribution in [0, 0.1) is 5.82 Å². The third kappa shape index (κ3) is 2.71. The Labute approximate surface area is 105 Å². The van der Waals surface area contributed by atoms with Gasteiger partial charge in [-0.1, -0.05) is 15.9 Å². The fourth-order valence-electron chi connectivity index (χ4n) is 1.40. The lowest BCUT2D eigenvalue weighted by Crippen LogP contribution is -2.23. The summed E-state index contributed by atoms with van der Waals surface area (Å²) in [5, 5.41) is 3.88. The SMILES string of the molecule is Nc1ccc(=O)n(Cc2cc(F)ccc2Br)n1. The van der Waals surface area contributed by atoms with Gasteiger partial charge in [-0.15, -0.1) is 0 Å². The fourth-order valence-corrected chi connectivity index (χ4v) is 1.78. The number of hydrogen-bond donors (Lipinski definition) is 1. The van der Waals surface area contributed by atoms with Gasteiger partial charge in [-0.2, -0.15) is 5.10 Å². The van der Waals surface area contributed by atoms with E-state index in [2.05, 4.69) is 21.0 Å². The molecule has 0 radical (unpaired) electrons. The van der Waals surface area contributed by atoms with Gasteiger partial charge in [0.15, 0.2) is 0 Å². The molecule has 17 heavy (non-hydrogen) atoms. The lowest BCUT2D eigenvalue weighted by Gasteiger charge is -2.07. The molecule has 0 bridgehead atoms. The Kier molecular flexibility index (Phi) is 3.23. The van der Waals surface area contributed by atoms with Gasteiger partial charge in [-0.3, -0.25) is 4.79 Å². The van der Waals surface area contributed by atoms with E-state index >= 15 is 0 Å². The van der Waals surface area contributed by atoms with Crippen LogP contribution in [0.2, 0.25) is 0 Å². The van der Waals surface area contributed by atoms with E-state index in [0.717, 1.165) is 4.47 Å². The Balaban J connectivity index is 2.41. The van der Waals surface area contributed by atoms with Gasteiger partial charge in [0, 0.05) is 10.5 Å². The Hall–Kier alpha value is -1.69. The smallest absolute Gasteiger partial charge is 0.267 e. The molecule has 0 unspecified atom stereocenters. The molecule has 1 aromatic carbocycles. The topological polar surface area (TPSA) is 60.9 Å². The van der Waals surface area contributed by atoms with Crippen LogP contribution in [0.4, 0.5) is 10.2 Å². The largest absolute Gasteiger partial charge is 0.382 e. The molecule has 0 saturated carbocycles. The molecule has 0 aliphatic rings. The second-order valence-electron chi connectivity index (χ2n) is 3.49. The maximum absolute atomic E-state index is 13.1. The first-order valence-electron chi connectivity index (χ1n) is 4.84. The number of halogens is 2. The quantitative estimate of drug-likeness (QED) is 0.919. The molecule has 6 heteroatoms. The van der Waals surface area contributed by atoms with Gasteiger partial charge < -0.3 is 5.73 Å². The molecule has 1 aromatic heterocycles. The highest BCUT2D eigenvalue weighted by molar-refractivity contribution is 9.10. The summed E-state index contributed by atoms with van der Waals surface area (Å²) in [5.41, 5.74) is 5.84. The monoisotopic (exact) mass is 297 g/mol. The van der Waals surface area contributed by atoms with Gasteiger partial charge in [0.05, 0.1) is 6.54 Å². The maximum Gasteiger partial charge on any atom is 0.267 e. The molecule has 2 N–H and O–H groups in total. The zero-order valence-corrected chi connectivity index (χ0v) is 10.3. The molecular weight excluding hydrogens is 289 g/mol. The highest BCUT2D eigenvalue weighted by Gasteiger charge is 2.05. The van der Waals surface area contributed by atoms with E-state index in [4.69, 9.17) is 5.73 Å². The van der Waals surface area contributed by atoms with E-state index in [9.17, 15) is 9.18 Å². The Morgan fingerprint density at radius 2 is 2.12 bits per heavy atom. The van der Waals surface area contributed by atoms with Crippen LogP contribution in [-0.4, -0.2) is 9.78 Å². The van der Waals surface area contributed by atoms with Crippen molar-refractivity contribution in [2.24, 2.45) is 0 Å². The normalized spacial score (nSPS) is 10.5. The molecule has 1 heterocycles. The number of nitrogens with two attached hydrogens (primary N) is 1. The van der Waals surface area contributed by atoms with Gasteiger partial charge in [-0.05, 0) is 29.8 Å². The first-order valence-corrected chi connectivity index (χ1v) is 5.63. The summed E-state index contributed by atoms with van der Waals surface area (Å²) in [6.45, 7) is 0.169. The van der Waals surface area contributed by atoms with Gasteiger partial charge in [0.2, 0.25) is 0 Å². The van der Waals surface area contributed by atoms with Crippen LogP contribution in [-0.2, 0) is 6.54 Å². The van der Waals surface area contributed by atoms with Gasteiger partial charge in [-0.25, -0.2) is 9.07 Å². The molecule has 0 spiro atoms. The molecule has 4 nitrogen and oxygen atoms in total. The van der Waals surface area contributed by atoms with Crippen molar-refractivity contribution in [1.29, 1.82) is 0 Å². The van der Waals surface area contributed by atoms with E-state index in [-0.39, 0.29) is 23.7 Å². The Bertz CT molecular complexity index is 612. The minimum absolute atomic E-state index is 0.169. The third-order valence-corrected chi connectivity index (χ3v) is 2.99. The number of anilines is 1. The average molecular weight is 298 g/mol. The number of benzene rings is 1. The third-order valence-electron chi connectivity index (χ3n) is 2.22. The molecule has 0 saturated heterocycles. The highest BCUT2D eigenvalue weighted by atomic mass is 79.9. The lowest BCUT2D eigenvalue weighted by molar-refractivity contribution is 0.611. The van der Waals surface area contributed by atoms with Crippen molar-refractivity contribution in [2.75, 3.05) is 5.73 Å². The first kappa shape index (κ1) is 11.8. The van der Waals surface area contributed by atoms with Crippen molar-refractivity contribution >= 4 is 21.7 Å². The summed E-state index contributed by atoms with van der Waals surface area (Å²) in [5.74, 6) is -0.114. The Morgan fingerprint density at radius 3 is 2.88 bits per heavy atom. The molecule has 0 aliphatic carbocycles. The van der Waals surface area contributed by atoms with Crippen molar-refractivity contribution in [3.63, 3.8) is 0 Å². The highest BCUT2D eigenvalue weighted by Crippen LogP contribution is 2.18. The van der Waals surface area contributed by atoms with Gasteiger partial charge >= 0.3 is 0 Å². The minimum atomic E-state index is -0.361. The number of nitrogens with zero attached hydrogens (tertiary/aromatic N) is 2. The zero-order valence-electron chi connectivity index (χ0n) is 8.73. The number of hydrogen-bond acceptors (Lipinski definition) is 3. The standard InChI is InChI=1S/C11H9BrFN3O/c12-9-2-1-8(13)5-7(9)6-16-11(17)4-3-10(14)15-16/h1-5H,6H2,(H2,14,15). The van der Waals surface area contributed by atoms with E-state index in [1.54, 1.807) is 6.07 Å². The van der Waals surface area contributed by atoms with Crippen LogP contribution in [0.15, 0.2) is 39.6 Å². The molecular formula is C11H9BrFN3O. The predicted octanol–water partition coefficient (Wildman–Crippen LogP) is 1.78. The van der Waals surface area contributed by atoms with Gasteiger partial charge in [0.25, 0.3) is 5.56 Å². The molecule has 0 amide bonds. The summed E-state index contributed by atoms with van der Waals surface area (Å²) in [6.07, 6.45) is 0. The Morgan fingerprint density at radius 1 is 1.35 bits per heavy atom. The summed E-state index contributed by atoms with van der Waals surface area (Å²) in [7, 11) is 0. The van der Waals surface area contributed by atoms with Crippen LogP contribution in [0.5, 0.6) is 0 Å². The predicted molar refractivity (Wildman–Crippen MR) is 66.1 cm³/mol. The van der Waals surface area contributed by atoms with Crippen LogP contribution < -0.4 is 11.3 Å². The number of nitrogen functional groups attached to an aromatic ring is 1. The van der Waals surface area contributed by atoms with Crippen molar-refractivity contribution in [3.8, 4) is 0 Å².